The van der Waals surface area contributed by atoms with Crippen molar-refractivity contribution in [3.63, 3.8) is 0 Å². The molecule has 0 bridgehead atoms. The zero-order chi connectivity index (χ0) is 18.6. The van der Waals surface area contributed by atoms with Crippen LogP contribution in [0.25, 0.3) is 0 Å². The molecule has 0 spiro atoms. The van der Waals surface area contributed by atoms with Crippen LogP contribution in [-0.2, 0) is 14.8 Å². The van der Waals surface area contributed by atoms with E-state index in [1.54, 1.807) is 6.92 Å². The van der Waals surface area contributed by atoms with E-state index >= 15 is 0 Å². The number of rotatable bonds is 7. The second-order valence-corrected chi connectivity index (χ2v) is 8.05. The van der Waals surface area contributed by atoms with Gasteiger partial charge in [0.25, 0.3) is 0 Å². The van der Waals surface area contributed by atoms with E-state index in [-0.39, 0.29) is 22.2 Å². The summed E-state index contributed by atoms with van der Waals surface area (Å²) >= 11 is 5.84. The van der Waals surface area contributed by atoms with E-state index in [0.29, 0.717) is 25.8 Å². The van der Waals surface area contributed by atoms with E-state index < -0.39 is 28.6 Å². The maximum atomic E-state index is 12.4. The zero-order valence-electron chi connectivity index (χ0n) is 13.5. The van der Waals surface area contributed by atoms with Gasteiger partial charge in [-0.1, -0.05) is 18.5 Å². The Bertz CT molecular complexity index is 730. The fourth-order valence-corrected chi connectivity index (χ4v) is 4.68. The molecule has 0 unspecified atom stereocenters. The number of benzene rings is 1. The van der Waals surface area contributed by atoms with Crippen molar-refractivity contribution in [2.24, 2.45) is 0 Å². The summed E-state index contributed by atoms with van der Waals surface area (Å²) in [7, 11) is -3.48. The molecule has 140 valence electrons. The van der Waals surface area contributed by atoms with Gasteiger partial charge in [-0.25, -0.2) is 8.42 Å². The Hall–Kier alpha value is -1.45. The summed E-state index contributed by atoms with van der Waals surface area (Å²) in [6, 6.07) is 3.06. The Morgan fingerprint density at radius 3 is 2.80 bits per heavy atom. The zero-order valence-corrected chi connectivity index (χ0v) is 15.1. The molecule has 1 heterocycles. The number of nitrogens with zero attached hydrogens (tertiary/aromatic N) is 1. The smallest absolute Gasteiger partial charge is 0.387 e. The van der Waals surface area contributed by atoms with E-state index in [0.717, 1.165) is 0 Å². The Balaban J connectivity index is 2.10. The number of amides is 1. The molecule has 1 saturated heterocycles. The quantitative estimate of drug-likeness (QED) is 0.768. The molecule has 6 nitrogen and oxygen atoms in total. The van der Waals surface area contributed by atoms with Crippen molar-refractivity contribution < 1.29 is 26.7 Å². The number of ether oxygens (including phenoxy) is 1. The van der Waals surface area contributed by atoms with Crippen LogP contribution in [0.2, 0.25) is 5.02 Å². The molecular formula is C15H19ClF2N2O4S. The first-order valence-electron chi connectivity index (χ1n) is 7.79. The Labute approximate surface area is 150 Å². The van der Waals surface area contributed by atoms with Crippen molar-refractivity contribution in [3.05, 3.63) is 23.2 Å². The van der Waals surface area contributed by atoms with Crippen LogP contribution in [0.4, 0.5) is 14.5 Å². The fourth-order valence-electron chi connectivity index (χ4n) is 2.71. The van der Waals surface area contributed by atoms with Gasteiger partial charge in [-0.2, -0.15) is 13.1 Å². The van der Waals surface area contributed by atoms with E-state index in [2.05, 4.69) is 10.1 Å². The number of hydrogen-bond acceptors (Lipinski definition) is 4. The third-order valence-corrected chi connectivity index (χ3v) is 6.11. The van der Waals surface area contributed by atoms with Gasteiger partial charge in [0.1, 0.15) is 11.8 Å². The third-order valence-electron chi connectivity index (χ3n) is 3.74. The van der Waals surface area contributed by atoms with E-state index in [9.17, 15) is 22.0 Å². The standard InChI is InChI=1S/C15H19ClF2N2O4S/c1-2-8-25(22,23)20-7-3-4-12(20)14(21)19-10-5-6-13(11(16)9-10)24-15(17)18/h5-6,9,12,15H,2-4,7-8H2,1H3,(H,19,21)/t12-/m1/s1. The van der Waals surface area contributed by atoms with Crippen LogP contribution >= 0.6 is 11.6 Å². The number of hydrogen-bond donors (Lipinski definition) is 1. The predicted molar refractivity (Wildman–Crippen MR) is 90.5 cm³/mol. The van der Waals surface area contributed by atoms with Gasteiger partial charge in [0.2, 0.25) is 15.9 Å². The van der Waals surface area contributed by atoms with Crippen molar-refractivity contribution in [2.75, 3.05) is 17.6 Å². The van der Waals surface area contributed by atoms with Crippen LogP contribution in [0.1, 0.15) is 26.2 Å². The summed E-state index contributed by atoms with van der Waals surface area (Å²) in [6.45, 7) is -0.940. The number of carbonyl (C=O) groups excluding carboxylic acids is 1. The minimum atomic E-state index is -3.48. The van der Waals surface area contributed by atoms with E-state index in [1.807, 2.05) is 0 Å². The lowest BCUT2D eigenvalue weighted by Gasteiger charge is -2.23. The number of sulfonamides is 1. The molecule has 1 aromatic carbocycles. The second-order valence-electron chi connectivity index (χ2n) is 5.60. The topological polar surface area (TPSA) is 75.7 Å². The minimum absolute atomic E-state index is 0.0116. The van der Waals surface area contributed by atoms with Gasteiger partial charge in [0.15, 0.2) is 0 Å². The van der Waals surface area contributed by atoms with Gasteiger partial charge in [-0.3, -0.25) is 4.79 Å². The number of alkyl halides is 2. The highest BCUT2D eigenvalue weighted by Crippen LogP contribution is 2.30. The molecule has 1 aliphatic heterocycles. The lowest BCUT2D eigenvalue weighted by atomic mass is 10.2. The molecule has 1 amide bonds. The normalized spacial score (nSPS) is 18.5. The van der Waals surface area contributed by atoms with E-state index in [4.69, 9.17) is 11.6 Å². The van der Waals surface area contributed by atoms with Crippen molar-refractivity contribution >= 4 is 33.2 Å². The summed E-state index contributed by atoms with van der Waals surface area (Å²) in [5.41, 5.74) is 0.274. The van der Waals surface area contributed by atoms with Crippen molar-refractivity contribution in [3.8, 4) is 5.75 Å². The molecule has 10 heteroatoms. The number of nitrogens with one attached hydrogen (secondary N) is 1. The first-order chi connectivity index (χ1) is 11.7. The molecule has 0 radical (unpaired) electrons. The fraction of sp³-hybridized carbons (Fsp3) is 0.533. The van der Waals surface area contributed by atoms with Gasteiger partial charge in [-0.05, 0) is 37.5 Å². The molecule has 1 N–H and O–H groups in total. The molecule has 1 atom stereocenters. The molecule has 0 saturated carbocycles. The average molecular weight is 397 g/mol. The highest BCUT2D eigenvalue weighted by Gasteiger charge is 2.38. The molecule has 25 heavy (non-hydrogen) atoms. The van der Waals surface area contributed by atoms with Crippen LogP contribution in [0.3, 0.4) is 0 Å². The minimum Gasteiger partial charge on any atom is -0.433 e. The summed E-state index contributed by atoms with van der Waals surface area (Å²) in [5, 5.41) is 2.49. The Kier molecular flexibility index (Phi) is 6.59. The summed E-state index contributed by atoms with van der Waals surface area (Å²) in [6.07, 6.45) is 1.49. The SMILES string of the molecule is CCCS(=O)(=O)N1CCC[C@@H]1C(=O)Nc1ccc(OC(F)F)c(Cl)c1. The van der Waals surface area contributed by atoms with Gasteiger partial charge in [0, 0.05) is 12.2 Å². The monoisotopic (exact) mass is 396 g/mol. The van der Waals surface area contributed by atoms with Crippen molar-refractivity contribution in [1.82, 2.24) is 4.31 Å². The van der Waals surface area contributed by atoms with Crippen LogP contribution in [0, 0.1) is 0 Å². The average Bonchev–Trinajstić information content (AvgIpc) is 3.00. The first-order valence-corrected chi connectivity index (χ1v) is 9.78. The van der Waals surface area contributed by atoms with Crippen LogP contribution < -0.4 is 10.1 Å². The molecule has 1 aliphatic rings. The van der Waals surface area contributed by atoms with Crippen LogP contribution in [0.15, 0.2) is 18.2 Å². The summed E-state index contributed by atoms with van der Waals surface area (Å²) in [4.78, 5) is 12.4. The molecule has 0 aliphatic carbocycles. The Morgan fingerprint density at radius 1 is 1.48 bits per heavy atom. The maximum absolute atomic E-state index is 12.4. The van der Waals surface area contributed by atoms with Crippen LogP contribution in [-0.4, -0.2) is 43.6 Å². The van der Waals surface area contributed by atoms with E-state index in [1.165, 1.54) is 22.5 Å². The van der Waals surface area contributed by atoms with Crippen LogP contribution in [0.5, 0.6) is 5.75 Å². The molecule has 1 aromatic rings. The van der Waals surface area contributed by atoms with Gasteiger partial charge in [-0.15, -0.1) is 0 Å². The molecule has 0 aromatic heterocycles. The Morgan fingerprint density at radius 2 is 2.20 bits per heavy atom. The van der Waals surface area contributed by atoms with Gasteiger partial charge in [0.05, 0.1) is 10.8 Å². The molecule has 1 fully saturated rings. The second kappa shape index (κ2) is 8.29. The first kappa shape index (κ1) is 19.9. The lowest BCUT2D eigenvalue weighted by molar-refractivity contribution is -0.119. The van der Waals surface area contributed by atoms with Crippen molar-refractivity contribution in [2.45, 2.75) is 38.8 Å². The number of halogens is 3. The van der Waals surface area contributed by atoms with Gasteiger partial charge < -0.3 is 10.1 Å². The summed E-state index contributed by atoms with van der Waals surface area (Å²) in [5.74, 6) is -0.694. The number of anilines is 1. The largest absolute Gasteiger partial charge is 0.433 e. The lowest BCUT2D eigenvalue weighted by Crippen LogP contribution is -2.44. The van der Waals surface area contributed by atoms with Gasteiger partial charge >= 0.3 is 6.61 Å². The predicted octanol–water partition coefficient (Wildman–Crippen LogP) is 3.08. The van der Waals surface area contributed by atoms with Crippen molar-refractivity contribution in [1.29, 1.82) is 0 Å². The third kappa shape index (κ3) is 5.02. The highest BCUT2D eigenvalue weighted by molar-refractivity contribution is 7.89. The highest BCUT2D eigenvalue weighted by atomic mass is 35.5. The maximum Gasteiger partial charge on any atom is 0.387 e. The summed E-state index contributed by atoms with van der Waals surface area (Å²) < 4.78 is 54.4. The molecular weight excluding hydrogens is 378 g/mol. The number of carbonyl (C=O) groups is 1. The molecule has 2 rings (SSSR count).